The van der Waals surface area contributed by atoms with Gasteiger partial charge < -0.3 is 0 Å². The fourth-order valence-corrected chi connectivity index (χ4v) is 2.29. The molecule has 2 aromatic carbocycles. The van der Waals surface area contributed by atoms with Crippen LogP contribution in [0.15, 0.2) is 48.8 Å². The van der Waals surface area contributed by atoms with Gasteiger partial charge in [-0.05, 0) is 10.8 Å². The van der Waals surface area contributed by atoms with E-state index in [9.17, 15) is 0 Å². The van der Waals surface area contributed by atoms with E-state index < -0.39 is 0 Å². The SMILES string of the molecule is Brn1cc2ccc3ccccc3c2c1. The zero-order chi connectivity index (χ0) is 9.54. The highest BCUT2D eigenvalue weighted by atomic mass is 79.9. The Bertz CT molecular complexity index is 610. The maximum Gasteiger partial charge on any atom is 0.0539 e. The molecular weight excluding hydrogens is 238 g/mol. The van der Waals surface area contributed by atoms with Crippen LogP contribution in [0.25, 0.3) is 21.5 Å². The molecule has 14 heavy (non-hydrogen) atoms. The van der Waals surface area contributed by atoms with Crippen molar-refractivity contribution in [3.63, 3.8) is 0 Å². The smallest absolute Gasteiger partial charge is 0.0539 e. The summed E-state index contributed by atoms with van der Waals surface area (Å²) >= 11 is 3.43. The Labute approximate surface area is 90.3 Å². The van der Waals surface area contributed by atoms with Crippen LogP contribution >= 0.6 is 16.1 Å². The Morgan fingerprint density at radius 1 is 0.786 bits per heavy atom. The van der Waals surface area contributed by atoms with Gasteiger partial charge in [-0.25, -0.2) is 0 Å². The molecule has 0 aliphatic rings. The fraction of sp³-hybridized carbons (Fsp3) is 0. The van der Waals surface area contributed by atoms with E-state index in [0.29, 0.717) is 0 Å². The quantitative estimate of drug-likeness (QED) is 0.566. The van der Waals surface area contributed by atoms with Gasteiger partial charge in [0.1, 0.15) is 0 Å². The summed E-state index contributed by atoms with van der Waals surface area (Å²) in [6.07, 6.45) is 4.17. The first-order valence-corrected chi connectivity index (χ1v) is 5.21. The second-order valence-electron chi connectivity index (χ2n) is 3.39. The number of fused-ring (bicyclic) bond motifs is 3. The third-order valence-corrected chi connectivity index (χ3v) is 2.93. The topological polar surface area (TPSA) is 4.93 Å². The van der Waals surface area contributed by atoms with Crippen molar-refractivity contribution in [3.05, 3.63) is 48.8 Å². The van der Waals surface area contributed by atoms with Crippen molar-refractivity contribution in [2.75, 3.05) is 0 Å². The lowest BCUT2D eigenvalue weighted by Crippen LogP contribution is -1.71. The Morgan fingerprint density at radius 3 is 2.50 bits per heavy atom. The summed E-state index contributed by atoms with van der Waals surface area (Å²) in [7, 11) is 0. The first kappa shape index (κ1) is 8.06. The molecule has 0 bridgehead atoms. The fourth-order valence-electron chi connectivity index (χ4n) is 1.86. The van der Waals surface area contributed by atoms with E-state index in [-0.39, 0.29) is 0 Å². The van der Waals surface area contributed by atoms with Crippen molar-refractivity contribution >= 4 is 37.7 Å². The molecule has 0 aliphatic carbocycles. The van der Waals surface area contributed by atoms with Gasteiger partial charge in [0, 0.05) is 23.2 Å². The van der Waals surface area contributed by atoms with Gasteiger partial charge in [-0.1, -0.05) is 36.4 Å². The summed E-state index contributed by atoms with van der Waals surface area (Å²) < 4.78 is 1.92. The predicted octanol–water partition coefficient (Wildman–Crippen LogP) is 3.95. The molecule has 2 heteroatoms. The highest BCUT2D eigenvalue weighted by Gasteiger charge is 2.01. The molecule has 68 valence electrons. The Hall–Kier alpha value is -1.28. The number of nitrogens with zero attached hydrogens (tertiary/aromatic N) is 1. The summed E-state index contributed by atoms with van der Waals surface area (Å²) in [6.45, 7) is 0. The lowest BCUT2D eigenvalue weighted by molar-refractivity contribution is 1.34. The summed E-state index contributed by atoms with van der Waals surface area (Å²) in [5, 5.41) is 5.16. The van der Waals surface area contributed by atoms with E-state index in [1.165, 1.54) is 21.5 Å². The number of hydrogen-bond donors (Lipinski definition) is 0. The van der Waals surface area contributed by atoms with Gasteiger partial charge in [-0.2, -0.15) is 0 Å². The van der Waals surface area contributed by atoms with E-state index in [2.05, 4.69) is 64.9 Å². The second kappa shape index (κ2) is 2.85. The standard InChI is InChI=1S/C12H8BrN/c13-14-7-10-6-5-9-3-1-2-4-11(9)12(10)8-14/h1-8H. The normalized spacial score (nSPS) is 11.2. The van der Waals surface area contributed by atoms with Crippen molar-refractivity contribution in [2.24, 2.45) is 0 Å². The van der Waals surface area contributed by atoms with Crippen LogP contribution in [0.3, 0.4) is 0 Å². The van der Waals surface area contributed by atoms with Crippen molar-refractivity contribution in [1.29, 1.82) is 0 Å². The van der Waals surface area contributed by atoms with Crippen molar-refractivity contribution in [3.8, 4) is 0 Å². The number of hydrogen-bond acceptors (Lipinski definition) is 0. The summed E-state index contributed by atoms with van der Waals surface area (Å²) in [6, 6.07) is 12.7. The van der Waals surface area contributed by atoms with Crippen LogP contribution in [0.4, 0.5) is 0 Å². The van der Waals surface area contributed by atoms with Gasteiger partial charge in [0.25, 0.3) is 0 Å². The summed E-state index contributed by atoms with van der Waals surface area (Å²) in [5.74, 6) is 0. The van der Waals surface area contributed by atoms with Crippen LogP contribution in [0.1, 0.15) is 0 Å². The van der Waals surface area contributed by atoms with E-state index in [4.69, 9.17) is 0 Å². The molecular formula is C12H8BrN. The van der Waals surface area contributed by atoms with E-state index in [1.54, 1.807) is 0 Å². The maximum atomic E-state index is 3.43. The van der Waals surface area contributed by atoms with Crippen molar-refractivity contribution in [2.45, 2.75) is 0 Å². The molecule has 0 atom stereocenters. The average molecular weight is 246 g/mol. The van der Waals surface area contributed by atoms with Gasteiger partial charge in [0.15, 0.2) is 0 Å². The van der Waals surface area contributed by atoms with Gasteiger partial charge in [-0.3, -0.25) is 3.59 Å². The largest absolute Gasteiger partial charge is 0.290 e. The van der Waals surface area contributed by atoms with Crippen LogP contribution in [-0.4, -0.2) is 3.59 Å². The molecule has 1 heterocycles. The minimum atomic E-state index is 1.26. The third-order valence-electron chi connectivity index (χ3n) is 2.52. The highest BCUT2D eigenvalue weighted by molar-refractivity contribution is 9.08. The molecule has 1 nitrogen and oxygen atoms in total. The first-order valence-electron chi connectivity index (χ1n) is 4.50. The maximum absolute atomic E-state index is 3.43. The van der Waals surface area contributed by atoms with Crippen molar-refractivity contribution in [1.82, 2.24) is 3.59 Å². The molecule has 0 unspecified atom stereocenters. The number of aromatic nitrogens is 1. The predicted molar refractivity (Wildman–Crippen MR) is 63.8 cm³/mol. The summed E-state index contributed by atoms with van der Waals surface area (Å²) in [5.41, 5.74) is 0. The Balaban J connectivity index is 2.60. The van der Waals surface area contributed by atoms with Crippen LogP contribution in [0.5, 0.6) is 0 Å². The Kier molecular flexibility index (Phi) is 1.64. The van der Waals surface area contributed by atoms with Crippen LogP contribution in [0.2, 0.25) is 0 Å². The minimum absolute atomic E-state index is 1.26. The Morgan fingerprint density at radius 2 is 1.57 bits per heavy atom. The number of rotatable bonds is 0. The molecule has 0 aliphatic heterocycles. The lowest BCUT2D eigenvalue weighted by atomic mass is 10.1. The monoisotopic (exact) mass is 245 g/mol. The molecule has 0 saturated heterocycles. The van der Waals surface area contributed by atoms with E-state index in [1.807, 2.05) is 3.59 Å². The molecule has 0 N–H and O–H groups in total. The van der Waals surface area contributed by atoms with Crippen LogP contribution in [0, 0.1) is 0 Å². The van der Waals surface area contributed by atoms with Crippen LogP contribution < -0.4 is 0 Å². The first-order chi connectivity index (χ1) is 6.84. The number of benzene rings is 2. The van der Waals surface area contributed by atoms with Gasteiger partial charge in [-0.15, -0.1) is 0 Å². The van der Waals surface area contributed by atoms with E-state index in [0.717, 1.165) is 0 Å². The van der Waals surface area contributed by atoms with Gasteiger partial charge in [0.2, 0.25) is 0 Å². The van der Waals surface area contributed by atoms with Crippen molar-refractivity contribution < 1.29 is 0 Å². The molecule has 3 rings (SSSR count). The molecule has 1 aromatic heterocycles. The zero-order valence-corrected chi connectivity index (χ0v) is 9.03. The second-order valence-corrected chi connectivity index (χ2v) is 4.21. The van der Waals surface area contributed by atoms with Gasteiger partial charge in [0.05, 0.1) is 16.1 Å². The molecule has 0 amide bonds. The average Bonchev–Trinajstić information content (AvgIpc) is 2.59. The zero-order valence-electron chi connectivity index (χ0n) is 7.44. The molecule has 0 radical (unpaired) electrons. The third kappa shape index (κ3) is 1.07. The molecule has 0 spiro atoms. The number of halogens is 1. The van der Waals surface area contributed by atoms with E-state index >= 15 is 0 Å². The summed E-state index contributed by atoms with van der Waals surface area (Å²) in [4.78, 5) is 0. The van der Waals surface area contributed by atoms with Crippen LogP contribution in [-0.2, 0) is 0 Å². The minimum Gasteiger partial charge on any atom is -0.290 e. The lowest BCUT2D eigenvalue weighted by Gasteiger charge is -1.97. The highest BCUT2D eigenvalue weighted by Crippen LogP contribution is 2.26. The molecule has 0 saturated carbocycles. The van der Waals surface area contributed by atoms with Gasteiger partial charge >= 0.3 is 0 Å². The molecule has 3 aromatic rings. The molecule has 0 fully saturated rings.